The highest BCUT2D eigenvalue weighted by molar-refractivity contribution is 7.86. The van der Waals surface area contributed by atoms with Crippen LogP contribution in [0.25, 0.3) is 0 Å². The van der Waals surface area contributed by atoms with Gasteiger partial charge in [-0.1, -0.05) is 6.92 Å². The number of morpholine rings is 1. The quantitative estimate of drug-likeness (QED) is 0.660. The molecule has 1 unspecified atom stereocenters. The fraction of sp³-hybridized carbons (Fsp3) is 1.00. The van der Waals surface area contributed by atoms with Crippen molar-refractivity contribution in [2.24, 2.45) is 0 Å². The number of hydrogen-bond acceptors (Lipinski definition) is 4. The molecule has 1 aliphatic rings. The van der Waals surface area contributed by atoms with Gasteiger partial charge in [-0.2, -0.15) is 17.0 Å². The Kier molecular flexibility index (Phi) is 6.51. The lowest BCUT2D eigenvalue weighted by Crippen LogP contribution is -2.53. The number of nitrogens with one attached hydrogen (secondary N) is 1. The van der Waals surface area contributed by atoms with E-state index in [-0.39, 0.29) is 6.04 Å². The third kappa shape index (κ3) is 3.89. The first-order valence-electron chi connectivity index (χ1n) is 6.49. The highest BCUT2D eigenvalue weighted by atomic mass is 32.2. The Hall–Kier alpha value is -0.210. The van der Waals surface area contributed by atoms with Crippen LogP contribution in [0.1, 0.15) is 19.8 Å². The van der Waals surface area contributed by atoms with E-state index in [9.17, 15) is 8.42 Å². The summed E-state index contributed by atoms with van der Waals surface area (Å²) < 4.78 is 33.2. The Morgan fingerprint density at radius 2 is 2.22 bits per heavy atom. The average Bonchev–Trinajstić information content (AvgIpc) is 2.38. The van der Waals surface area contributed by atoms with Gasteiger partial charge in [0.05, 0.1) is 13.2 Å². The van der Waals surface area contributed by atoms with Gasteiger partial charge in [-0.3, -0.25) is 0 Å². The zero-order valence-electron chi connectivity index (χ0n) is 11.6. The minimum atomic E-state index is -3.34. The standard InChI is InChI=1S/C11H25N3O3S/c1-4-11-10-17-9-8-14(11)18(15,16)13(3)7-5-6-12-2/h11-12H,4-10H2,1-3H3. The molecule has 108 valence electrons. The van der Waals surface area contributed by atoms with Gasteiger partial charge in [0, 0.05) is 26.2 Å². The van der Waals surface area contributed by atoms with Gasteiger partial charge >= 0.3 is 0 Å². The van der Waals surface area contributed by atoms with E-state index in [1.54, 1.807) is 11.4 Å². The molecule has 1 fully saturated rings. The maximum absolute atomic E-state index is 12.4. The van der Waals surface area contributed by atoms with Crippen LogP contribution in [0.4, 0.5) is 0 Å². The van der Waals surface area contributed by atoms with Crippen LogP contribution in [0, 0.1) is 0 Å². The van der Waals surface area contributed by atoms with Gasteiger partial charge in [-0.25, -0.2) is 0 Å². The van der Waals surface area contributed by atoms with Crippen LogP contribution in [0.2, 0.25) is 0 Å². The second-order valence-electron chi connectivity index (χ2n) is 4.53. The first-order chi connectivity index (χ1) is 8.54. The number of hydrogen-bond donors (Lipinski definition) is 1. The second kappa shape index (κ2) is 7.40. The fourth-order valence-electron chi connectivity index (χ4n) is 2.04. The van der Waals surface area contributed by atoms with Gasteiger partial charge in [0.1, 0.15) is 0 Å². The van der Waals surface area contributed by atoms with Crippen LogP contribution >= 0.6 is 0 Å². The summed E-state index contributed by atoms with van der Waals surface area (Å²) in [5.74, 6) is 0. The molecule has 0 bridgehead atoms. The predicted molar refractivity (Wildman–Crippen MR) is 71.7 cm³/mol. The average molecular weight is 279 g/mol. The second-order valence-corrected chi connectivity index (χ2v) is 6.52. The normalized spacial score (nSPS) is 22.6. The molecule has 0 saturated carbocycles. The Morgan fingerprint density at radius 3 is 2.83 bits per heavy atom. The van der Waals surface area contributed by atoms with E-state index < -0.39 is 10.2 Å². The van der Waals surface area contributed by atoms with Crippen molar-refractivity contribution in [3.63, 3.8) is 0 Å². The highest BCUT2D eigenvalue weighted by Gasteiger charge is 2.34. The number of rotatable bonds is 7. The molecular weight excluding hydrogens is 254 g/mol. The molecular formula is C11H25N3O3S. The van der Waals surface area contributed by atoms with E-state index in [1.165, 1.54) is 4.31 Å². The number of nitrogens with zero attached hydrogens (tertiary/aromatic N) is 2. The van der Waals surface area contributed by atoms with E-state index in [1.807, 2.05) is 14.0 Å². The molecule has 0 spiro atoms. The SMILES string of the molecule is CCC1COCCN1S(=O)(=O)N(C)CCCNC. The minimum Gasteiger partial charge on any atom is -0.378 e. The fourth-order valence-corrected chi connectivity index (χ4v) is 3.65. The molecule has 0 amide bonds. The molecule has 1 aliphatic heterocycles. The van der Waals surface area contributed by atoms with Crippen molar-refractivity contribution in [1.29, 1.82) is 0 Å². The molecule has 7 heteroatoms. The molecule has 1 heterocycles. The van der Waals surface area contributed by atoms with E-state index in [0.29, 0.717) is 26.3 Å². The summed E-state index contributed by atoms with van der Waals surface area (Å²) in [6.45, 7) is 4.79. The lowest BCUT2D eigenvalue weighted by Gasteiger charge is -2.36. The summed E-state index contributed by atoms with van der Waals surface area (Å²) in [4.78, 5) is 0. The van der Waals surface area contributed by atoms with E-state index in [2.05, 4.69) is 5.32 Å². The maximum Gasteiger partial charge on any atom is 0.282 e. The van der Waals surface area contributed by atoms with E-state index >= 15 is 0 Å². The molecule has 0 radical (unpaired) electrons. The van der Waals surface area contributed by atoms with Crippen molar-refractivity contribution in [3.05, 3.63) is 0 Å². The lowest BCUT2D eigenvalue weighted by atomic mass is 10.2. The first kappa shape index (κ1) is 15.8. The van der Waals surface area contributed by atoms with Gasteiger partial charge in [-0.15, -0.1) is 0 Å². The lowest BCUT2D eigenvalue weighted by molar-refractivity contribution is 0.0289. The Bertz CT molecular complexity index is 334. The van der Waals surface area contributed by atoms with Crippen molar-refractivity contribution >= 4 is 10.2 Å². The molecule has 18 heavy (non-hydrogen) atoms. The topological polar surface area (TPSA) is 61.9 Å². The largest absolute Gasteiger partial charge is 0.378 e. The molecule has 1 atom stereocenters. The maximum atomic E-state index is 12.4. The van der Waals surface area contributed by atoms with E-state index in [4.69, 9.17) is 4.74 Å². The zero-order chi connectivity index (χ0) is 13.6. The summed E-state index contributed by atoms with van der Waals surface area (Å²) in [5, 5.41) is 3.02. The third-order valence-corrected chi connectivity index (χ3v) is 5.28. The van der Waals surface area contributed by atoms with Crippen LogP contribution < -0.4 is 5.32 Å². The molecule has 0 aromatic heterocycles. The molecule has 0 aromatic rings. The predicted octanol–water partition coefficient (Wildman–Crippen LogP) is -0.117. The zero-order valence-corrected chi connectivity index (χ0v) is 12.4. The summed E-state index contributed by atoms with van der Waals surface area (Å²) >= 11 is 0. The molecule has 0 aromatic carbocycles. The minimum absolute atomic E-state index is 0.0319. The molecule has 1 N–H and O–H groups in total. The Labute approximate surface area is 110 Å². The van der Waals surface area contributed by atoms with Crippen LogP contribution in [0.5, 0.6) is 0 Å². The van der Waals surface area contributed by atoms with Crippen molar-refractivity contribution in [2.75, 3.05) is 46.9 Å². The summed E-state index contributed by atoms with van der Waals surface area (Å²) in [6, 6.07) is -0.0319. The van der Waals surface area contributed by atoms with Crippen molar-refractivity contribution < 1.29 is 13.2 Å². The summed E-state index contributed by atoms with van der Waals surface area (Å²) in [7, 11) is 0.166. The smallest absolute Gasteiger partial charge is 0.282 e. The van der Waals surface area contributed by atoms with Crippen LogP contribution in [0.3, 0.4) is 0 Å². The van der Waals surface area contributed by atoms with E-state index in [0.717, 1.165) is 19.4 Å². The van der Waals surface area contributed by atoms with Crippen molar-refractivity contribution in [2.45, 2.75) is 25.8 Å². The van der Waals surface area contributed by atoms with Crippen LogP contribution in [0.15, 0.2) is 0 Å². The van der Waals surface area contributed by atoms with Crippen molar-refractivity contribution in [1.82, 2.24) is 13.9 Å². The third-order valence-electron chi connectivity index (χ3n) is 3.23. The molecule has 6 nitrogen and oxygen atoms in total. The summed E-state index contributed by atoms with van der Waals surface area (Å²) in [5.41, 5.74) is 0. The Balaban J connectivity index is 2.65. The Morgan fingerprint density at radius 1 is 1.50 bits per heavy atom. The van der Waals surface area contributed by atoms with Gasteiger partial charge in [0.25, 0.3) is 10.2 Å². The molecule has 0 aliphatic carbocycles. The summed E-state index contributed by atoms with van der Waals surface area (Å²) in [6.07, 6.45) is 1.59. The number of ether oxygens (including phenoxy) is 1. The first-order valence-corrected chi connectivity index (χ1v) is 7.89. The molecule has 1 saturated heterocycles. The monoisotopic (exact) mass is 279 g/mol. The molecule has 1 rings (SSSR count). The van der Waals surface area contributed by atoms with Gasteiger partial charge < -0.3 is 10.1 Å². The van der Waals surface area contributed by atoms with Crippen LogP contribution in [-0.4, -0.2) is 70.0 Å². The van der Waals surface area contributed by atoms with Gasteiger partial charge in [0.2, 0.25) is 0 Å². The van der Waals surface area contributed by atoms with Gasteiger partial charge in [0.15, 0.2) is 0 Å². The van der Waals surface area contributed by atoms with Crippen molar-refractivity contribution in [3.8, 4) is 0 Å². The van der Waals surface area contributed by atoms with Gasteiger partial charge in [-0.05, 0) is 26.4 Å². The van der Waals surface area contributed by atoms with Crippen LogP contribution in [-0.2, 0) is 14.9 Å². The highest BCUT2D eigenvalue weighted by Crippen LogP contribution is 2.17.